The fourth-order valence-electron chi connectivity index (χ4n) is 3.94. The van der Waals surface area contributed by atoms with E-state index in [9.17, 15) is 9.59 Å². The van der Waals surface area contributed by atoms with Crippen LogP contribution in [0.25, 0.3) is 0 Å². The van der Waals surface area contributed by atoms with Crippen LogP contribution < -0.4 is 5.32 Å². The number of carbonyl (C=O) groups excluding carboxylic acids is 2. The fourth-order valence-corrected chi connectivity index (χ4v) is 3.94. The largest absolute Gasteiger partial charge is 0.326 e. The molecule has 2 amide bonds. The van der Waals surface area contributed by atoms with E-state index in [1.807, 2.05) is 0 Å². The average molecular weight is 382 g/mol. The quantitative estimate of drug-likeness (QED) is 0.532. The van der Waals surface area contributed by atoms with E-state index in [1.54, 1.807) is 17.2 Å². The van der Waals surface area contributed by atoms with Crippen molar-refractivity contribution in [1.29, 1.82) is 0 Å². The summed E-state index contributed by atoms with van der Waals surface area (Å²) in [4.78, 5) is 31.0. The van der Waals surface area contributed by atoms with E-state index in [0.717, 1.165) is 31.2 Å². The minimum absolute atomic E-state index is 0.116. The lowest BCUT2D eigenvalue weighted by atomic mass is 10.1. The molecule has 5 heteroatoms. The second-order valence-corrected chi connectivity index (χ2v) is 7.79. The van der Waals surface area contributed by atoms with Crippen molar-refractivity contribution in [2.75, 3.05) is 11.9 Å². The molecule has 5 nitrogen and oxygen atoms in total. The molecule has 1 atom stereocenters. The molecule has 0 aliphatic carbocycles. The molecule has 2 aliphatic heterocycles. The normalized spacial score (nSPS) is 18.0. The van der Waals surface area contributed by atoms with Gasteiger partial charge in [0.25, 0.3) is 5.91 Å². The number of hydrogen-bond acceptors (Lipinski definition) is 3. The highest BCUT2D eigenvalue weighted by Crippen LogP contribution is 2.27. The molecule has 3 heterocycles. The Balaban J connectivity index is 1.51. The van der Waals surface area contributed by atoms with Crippen LogP contribution in [0, 0.1) is 11.8 Å². The number of fused-ring (bicyclic) bond motifs is 2. The first-order chi connectivity index (χ1) is 13.7. The van der Waals surface area contributed by atoms with Crippen LogP contribution in [0.5, 0.6) is 0 Å². The highest BCUT2D eigenvalue weighted by Gasteiger charge is 2.38. The summed E-state index contributed by atoms with van der Waals surface area (Å²) in [6.45, 7) is 2.87. The Hall–Kier alpha value is -2.35. The maximum atomic E-state index is 12.8. The highest BCUT2D eigenvalue weighted by atomic mass is 16.2. The first-order valence-electron chi connectivity index (χ1n) is 10.8. The molecule has 3 rings (SSSR count). The summed E-state index contributed by atoms with van der Waals surface area (Å²) in [5.41, 5.74) is 1.19. The van der Waals surface area contributed by atoms with Gasteiger partial charge in [-0.15, -0.1) is 0 Å². The van der Waals surface area contributed by atoms with E-state index in [4.69, 9.17) is 0 Å². The smallest absolute Gasteiger partial charge is 0.258 e. The number of rotatable bonds is 8. The molecule has 150 valence electrons. The average Bonchev–Trinajstić information content (AvgIpc) is 3.16. The fraction of sp³-hybridized carbons (Fsp3) is 0.609. The molecule has 0 radical (unpaired) electrons. The van der Waals surface area contributed by atoms with Crippen molar-refractivity contribution < 1.29 is 9.59 Å². The van der Waals surface area contributed by atoms with Gasteiger partial charge in [-0.05, 0) is 25.3 Å². The van der Waals surface area contributed by atoms with Crippen LogP contribution in [-0.4, -0.2) is 34.3 Å². The van der Waals surface area contributed by atoms with Gasteiger partial charge in [0.15, 0.2) is 0 Å². The Kier molecular flexibility index (Phi) is 7.47. The Labute approximate surface area is 168 Å². The van der Waals surface area contributed by atoms with Crippen LogP contribution in [-0.2, 0) is 4.79 Å². The van der Waals surface area contributed by atoms with Crippen molar-refractivity contribution in [2.45, 2.75) is 83.6 Å². The molecule has 1 aromatic heterocycles. The minimum atomic E-state index is -0.363. The standard InChI is InChI=1S/C23H31N3O2/c1-2-3-4-5-6-7-8-9-10-11-13-18-16-19-21(24-17-18)25-22(27)20-14-12-15-26(20)23(19)28/h16-17,20H,2-10,12,14-15H2,1H3,(H,24,25,27)/t20-/m0/s1. The number of nitrogens with one attached hydrogen (secondary N) is 1. The van der Waals surface area contributed by atoms with Crippen LogP contribution in [0.2, 0.25) is 0 Å². The molecule has 28 heavy (non-hydrogen) atoms. The van der Waals surface area contributed by atoms with Gasteiger partial charge in [0, 0.05) is 24.7 Å². The minimum Gasteiger partial charge on any atom is -0.326 e. The number of aromatic nitrogens is 1. The molecule has 0 aromatic carbocycles. The van der Waals surface area contributed by atoms with Crippen molar-refractivity contribution in [3.8, 4) is 11.8 Å². The number of hydrogen-bond donors (Lipinski definition) is 1. The first kappa shape index (κ1) is 20.4. The summed E-state index contributed by atoms with van der Waals surface area (Å²) in [6.07, 6.45) is 14.4. The van der Waals surface area contributed by atoms with E-state index < -0.39 is 0 Å². The third-order valence-corrected chi connectivity index (χ3v) is 5.56. The van der Waals surface area contributed by atoms with Gasteiger partial charge in [0.2, 0.25) is 5.91 Å². The number of unbranched alkanes of at least 4 members (excludes halogenated alkanes) is 8. The molecule has 2 aliphatic rings. The molecule has 1 N–H and O–H groups in total. The Bertz CT molecular complexity index is 763. The Morgan fingerprint density at radius 2 is 1.89 bits per heavy atom. The Morgan fingerprint density at radius 3 is 2.68 bits per heavy atom. The van der Waals surface area contributed by atoms with Crippen molar-refractivity contribution in [1.82, 2.24) is 9.88 Å². The van der Waals surface area contributed by atoms with E-state index in [0.29, 0.717) is 17.9 Å². The number of pyridine rings is 1. The summed E-state index contributed by atoms with van der Waals surface area (Å²) >= 11 is 0. The summed E-state index contributed by atoms with van der Waals surface area (Å²) in [5.74, 6) is 6.44. The van der Waals surface area contributed by atoms with Crippen LogP contribution in [0.3, 0.4) is 0 Å². The zero-order chi connectivity index (χ0) is 19.8. The molecule has 1 saturated heterocycles. The van der Waals surface area contributed by atoms with Gasteiger partial charge in [-0.1, -0.05) is 63.7 Å². The summed E-state index contributed by atoms with van der Waals surface area (Å²) in [7, 11) is 0. The second kappa shape index (κ2) is 10.3. The van der Waals surface area contributed by atoms with E-state index in [1.165, 1.54) is 44.9 Å². The van der Waals surface area contributed by atoms with Gasteiger partial charge < -0.3 is 10.2 Å². The number of amides is 2. The molecular weight excluding hydrogens is 350 g/mol. The molecular formula is C23H31N3O2. The molecule has 1 fully saturated rings. The van der Waals surface area contributed by atoms with Crippen molar-refractivity contribution in [3.63, 3.8) is 0 Å². The molecule has 0 saturated carbocycles. The zero-order valence-corrected chi connectivity index (χ0v) is 16.9. The number of nitrogens with zero attached hydrogens (tertiary/aromatic N) is 2. The molecule has 1 aromatic rings. The van der Waals surface area contributed by atoms with Gasteiger partial charge in [-0.25, -0.2) is 4.98 Å². The van der Waals surface area contributed by atoms with Crippen molar-refractivity contribution in [3.05, 3.63) is 23.4 Å². The lowest BCUT2D eigenvalue weighted by Crippen LogP contribution is -2.40. The van der Waals surface area contributed by atoms with Crippen molar-refractivity contribution in [2.24, 2.45) is 0 Å². The lowest BCUT2D eigenvalue weighted by molar-refractivity contribution is -0.119. The van der Waals surface area contributed by atoms with Crippen molar-refractivity contribution >= 4 is 17.6 Å². The molecule has 0 bridgehead atoms. The van der Waals surface area contributed by atoms with Gasteiger partial charge >= 0.3 is 0 Å². The first-order valence-corrected chi connectivity index (χ1v) is 10.8. The van der Waals surface area contributed by atoms with Crippen LogP contribution in [0.15, 0.2) is 12.3 Å². The summed E-state index contributed by atoms with van der Waals surface area (Å²) in [5, 5.41) is 2.80. The topological polar surface area (TPSA) is 62.3 Å². The van der Waals surface area contributed by atoms with Crippen LogP contribution in [0.4, 0.5) is 5.82 Å². The Morgan fingerprint density at radius 1 is 1.14 bits per heavy atom. The SMILES string of the molecule is CCCCCCCCCCC#Cc1cnc2c(c1)C(=O)N1CCC[C@H]1C(=O)N2. The third kappa shape index (κ3) is 5.13. The lowest BCUT2D eigenvalue weighted by Gasteiger charge is -2.19. The van der Waals surface area contributed by atoms with Gasteiger partial charge in [0.1, 0.15) is 11.9 Å². The predicted octanol–water partition coefficient (Wildman–Crippen LogP) is 4.52. The zero-order valence-electron chi connectivity index (χ0n) is 16.9. The maximum absolute atomic E-state index is 12.8. The van der Waals surface area contributed by atoms with E-state index in [2.05, 4.69) is 29.1 Å². The van der Waals surface area contributed by atoms with E-state index in [-0.39, 0.29) is 17.9 Å². The highest BCUT2D eigenvalue weighted by molar-refractivity contribution is 6.09. The van der Waals surface area contributed by atoms with Gasteiger partial charge in [0.05, 0.1) is 5.56 Å². The number of anilines is 1. The monoisotopic (exact) mass is 381 g/mol. The molecule has 0 spiro atoms. The summed E-state index contributed by atoms with van der Waals surface area (Å²) < 4.78 is 0. The van der Waals surface area contributed by atoms with Crippen LogP contribution in [0.1, 0.15) is 93.5 Å². The van der Waals surface area contributed by atoms with Crippen LogP contribution >= 0.6 is 0 Å². The van der Waals surface area contributed by atoms with Gasteiger partial charge in [-0.2, -0.15) is 0 Å². The molecule has 0 unspecified atom stereocenters. The van der Waals surface area contributed by atoms with E-state index >= 15 is 0 Å². The third-order valence-electron chi connectivity index (χ3n) is 5.56. The van der Waals surface area contributed by atoms with Gasteiger partial charge in [-0.3, -0.25) is 9.59 Å². The predicted molar refractivity (Wildman–Crippen MR) is 111 cm³/mol. The maximum Gasteiger partial charge on any atom is 0.258 e. The second-order valence-electron chi connectivity index (χ2n) is 7.79. The summed E-state index contributed by atoms with van der Waals surface area (Å²) in [6, 6.07) is 1.41. The number of carbonyl (C=O) groups is 2.